The first-order valence-electron chi connectivity index (χ1n) is 4.94. The molecule has 2 rings (SSSR count). The van der Waals surface area contributed by atoms with Gasteiger partial charge in [-0.1, -0.05) is 31.0 Å². The van der Waals surface area contributed by atoms with Crippen LogP contribution in [0.25, 0.3) is 0 Å². The van der Waals surface area contributed by atoms with E-state index in [1.54, 1.807) is 0 Å². The van der Waals surface area contributed by atoms with E-state index in [-0.39, 0.29) is 11.1 Å². The molecule has 2 amide bonds. The van der Waals surface area contributed by atoms with Gasteiger partial charge in [0, 0.05) is 5.25 Å². The number of carbonyl (C=O) groups is 2. The third-order valence-electron chi connectivity index (χ3n) is 2.52. The number of rotatable bonds is 2. The van der Waals surface area contributed by atoms with Crippen molar-refractivity contribution in [2.45, 2.75) is 37.4 Å². The standard InChI is InChI=1S/C9H13NO2S2/c11-8-6-13-9(12)10(8)14-7-4-2-1-3-5-7/h7H,1-6H2. The van der Waals surface area contributed by atoms with Crippen LogP contribution < -0.4 is 0 Å². The second kappa shape index (κ2) is 4.57. The molecule has 0 radical (unpaired) electrons. The molecule has 1 saturated heterocycles. The molecule has 5 heteroatoms. The van der Waals surface area contributed by atoms with Gasteiger partial charge in [0.2, 0.25) is 0 Å². The Morgan fingerprint density at radius 2 is 1.93 bits per heavy atom. The summed E-state index contributed by atoms with van der Waals surface area (Å²) in [5.41, 5.74) is 0. The summed E-state index contributed by atoms with van der Waals surface area (Å²) >= 11 is 2.58. The fourth-order valence-electron chi connectivity index (χ4n) is 1.76. The van der Waals surface area contributed by atoms with E-state index in [0.29, 0.717) is 11.0 Å². The largest absolute Gasteiger partial charge is 0.299 e. The minimum atomic E-state index is -0.0782. The Kier molecular flexibility index (Phi) is 3.38. The molecule has 2 aliphatic rings. The third-order valence-corrected chi connectivity index (χ3v) is 4.80. The van der Waals surface area contributed by atoms with Crippen LogP contribution in [0, 0.1) is 0 Å². The summed E-state index contributed by atoms with van der Waals surface area (Å²) in [4.78, 5) is 22.6. The summed E-state index contributed by atoms with van der Waals surface area (Å²) < 4.78 is 1.36. The molecule has 78 valence electrons. The predicted molar refractivity (Wildman–Crippen MR) is 59.2 cm³/mol. The van der Waals surface area contributed by atoms with Crippen molar-refractivity contribution in [1.82, 2.24) is 4.31 Å². The highest BCUT2D eigenvalue weighted by Gasteiger charge is 2.33. The normalized spacial score (nSPS) is 24.7. The molecule has 1 heterocycles. The summed E-state index contributed by atoms with van der Waals surface area (Å²) in [6.07, 6.45) is 6.06. The monoisotopic (exact) mass is 231 g/mol. The minimum absolute atomic E-state index is 0.0319. The lowest BCUT2D eigenvalue weighted by atomic mass is 10.0. The lowest BCUT2D eigenvalue weighted by molar-refractivity contribution is -0.120. The van der Waals surface area contributed by atoms with E-state index in [0.717, 1.165) is 24.6 Å². The van der Waals surface area contributed by atoms with Gasteiger partial charge >= 0.3 is 0 Å². The fraction of sp³-hybridized carbons (Fsp3) is 0.778. The van der Waals surface area contributed by atoms with Crippen LogP contribution in [0.4, 0.5) is 4.79 Å². The van der Waals surface area contributed by atoms with E-state index in [2.05, 4.69) is 0 Å². The number of thioether (sulfide) groups is 1. The zero-order chi connectivity index (χ0) is 9.97. The number of amides is 2. The molecule has 0 aromatic heterocycles. The summed E-state index contributed by atoms with van der Waals surface area (Å²) in [6, 6.07) is 0. The van der Waals surface area contributed by atoms with Crippen LogP contribution in [-0.2, 0) is 4.79 Å². The summed E-state index contributed by atoms with van der Waals surface area (Å²) in [6.45, 7) is 0. The van der Waals surface area contributed by atoms with Crippen LogP contribution >= 0.6 is 23.7 Å². The average Bonchev–Trinajstić information content (AvgIpc) is 2.51. The van der Waals surface area contributed by atoms with Gasteiger partial charge in [-0.2, -0.15) is 0 Å². The van der Waals surface area contributed by atoms with Gasteiger partial charge in [0.15, 0.2) is 0 Å². The summed E-state index contributed by atoms with van der Waals surface area (Å²) in [5.74, 6) is 0.300. The molecule has 14 heavy (non-hydrogen) atoms. The first-order valence-corrected chi connectivity index (χ1v) is 6.76. The second-order valence-corrected chi connectivity index (χ2v) is 5.78. The van der Waals surface area contributed by atoms with Crippen molar-refractivity contribution in [2.75, 3.05) is 5.75 Å². The Bertz CT molecular complexity index is 235. The molecule has 0 N–H and O–H groups in total. The molecule has 0 atom stereocenters. The van der Waals surface area contributed by atoms with Crippen LogP contribution in [0.2, 0.25) is 0 Å². The maximum absolute atomic E-state index is 11.3. The summed E-state index contributed by atoms with van der Waals surface area (Å²) in [5, 5.41) is 0.404. The zero-order valence-electron chi connectivity index (χ0n) is 7.90. The topological polar surface area (TPSA) is 37.4 Å². The quantitative estimate of drug-likeness (QED) is 0.685. The number of hydrogen-bond acceptors (Lipinski definition) is 4. The molecular weight excluding hydrogens is 218 g/mol. The Hall–Kier alpha value is -0.160. The van der Waals surface area contributed by atoms with Crippen molar-refractivity contribution in [3.63, 3.8) is 0 Å². The highest BCUT2D eigenvalue weighted by Crippen LogP contribution is 2.35. The number of nitrogens with zero attached hydrogens (tertiary/aromatic N) is 1. The molecular formula is C9H13NO2S2. The fourth-order valence-corrected chi connectivity index (χ4v) is 3.84. The van der Waals surface area contributed by atoms with Crippen molar-refractivity contribution in [1.29, 1.82) is 0 Å². The van der Waals surface area contributed by atoms with Gasteiger partial charge in [0.25, 0.3) is 11.1 Å². The van der Waals surface area contributed by atoms with Crippen LogP contribution in [0.3, 0.4) is 0 Å². The third kappa shape index (κ3) is 2.25. The van der Waals surface area contributed by atoms with Gasteiger partial charge in [-0.15, -0.1) is 0 Å². The Morgan fingerprint density at radius 1 is 1.21 bits per heavy atom. The van der Waals surface area contributed by atoms with Crippen LogP contribution in [0.1, 0.15) is 32.1 Å². The van der Waals surface area contributed by atoms with Gasteiger partial charge < -0.3 is 0 Å². The van der Waals surface area contributed by atoms with Crippen LogP contribution in [0.5, 0.6) is 0 Å². The molecule has 0 aromatic rings. The van der Waals surface area contributed by atoms with Crippen molar-refractivity contribution in [3.8, 4) is 0 Å². The van der Waals surface area contributed by atoms with Crippen molar-refractivity contribution in [3.05, 3.63) is 0 Å². The van der Waals surface area contributed by atoms with Crippen molar-refractivity contribution >= 4 is 34.9 Å². The van der Waals surface area contributed by atoms with Crippen LogP contribution in [-0.4, -0.2) is 26.5 Å². The van der Waals surface area contributed by atoms with E-state index < -0.39 is 0 Å². The Balaban J connectivity index is 1.89. The molecule has 1 saturated carbocycles. The Morgan fingerprint density at radius 3 is 2.50 bits per heavy atom. The van der Waals surface area contributed by atoms with Crippen molar-refractivity contribution in [2.24, 2.45) is 0 Å². The number of carbonyl (C=O) groups excluding carboxylic acids is 2. The van der Waals surface area contributed by atoms with Gasteiger partial charge in [-0.05, 0) is 24.8 Å². The first-order chi connectivity index (χ1) is 6.77. The second-order valence-electron chi connectivity index (χ2n) is 3.61. The molecule has 1 aliphatic heterocycles. The molecule has 0 aromatic carbocycles. The van der Waals surface area contributed by atoms with Gasteiger partial charge in [0.05, 0.1) is 5.75 Å². The maximum Gasteiger partial charge on any atom is 0.299 e. The van der Waals surface area contributed by atoms with Gasteiger partial charge in [-0.25, -0.2) is 4.31 Å². The smallest absolute Gasteiger partial charge is 0.272 e. The van der Waals surface area contributed by atoms with Gasteiger partial charge in [-0.3, -0.25) is 9.59 Å². The number of imide groups is 1. The summed E-state index contributed by atoms with van der Waals surface area (Å²) in [7, 11) is 0. The molecule has 3 nitrogen and oxygen atoms in total. The average molecular weight is 231 g/mol. The van der Waals surface area contributed by atoms with Gasteiger partial charge in [0.1, 0.15) is 0 Å². The highest BCUT2D eigenvalue weighted by atomic mass is 32.2. The van der Waals surface area contributed by atoms with E-state index in [9.17, 15) is 9.59 Å². The SMILES string of the molecule is O=C1CSC(=O)N1SC1CCCCC1. The maximum atomic E-state index is 11.3. The first kappa shape index (κ1) is 10.4. The van der Waals surface area contributed by atoms with E-state index in [1.807, 2.05) is 0 Å². The predicted octanol–water partition coefficient (Wildman–Crippen LogP) is 2.66. The van der Waals surface area contributed by atoms with E-state index in [1.165, 1.54) is 35.5 Å². The van der Waals surface area contributed by atoms with E-state index >= 15 is 0 Å². The Labute approximate surface area is 92.1 Å². The molecule has 1 aliphatic carbocycles. The van der Waals surface area contributed by atoms with E-state index in [4.69, 9.17) is 0 Å². The van der Waals surface area contributed by atoms with Crippen LogP contribution in [0.15, 0.2) is 0 Å². The lowest BCUT2D eigenvalue weighted by Crippen LogP contribution is -2.25. The lowest BCUT2D eigenvalue weighted by Gasteiger charge is -2.23. The number of hydrogen-bond donors (Lipinski definition) is 0. The zero-order valence-corrected chi connectivity index (χ0v) is 9.53. The molecule has 0 spiro atoms. The minimum Gasteiger partial charge on any atom is -0.272 e. The van der Waals surface area contributed by atoms with Crippen molar-refractivity contribution < 1.29 is 9.59 Å². The molecule has 2 fully saturated rings. The highest BCUT2D eigenvalue weighted by molar-refractivity contribution is 8.16. The molecule has 0 unspecified atom stereocenters. The molecule has 0 bridgehead atoms.